The molecule has 1 amide bonds. The molecule has 6 rings (SSSR count). The van der Waals surface area contributed by atoms with Crippen molar-refractivity contribution in [3.63, 3.8) is 0 Å². The summed E-state index contributed by atoms with van der Waals surface area (Å²) in [7, 11) is 0. The zero-order chi connectivity index (χ0) is 40.5. The topological polar surface area (TPSA) is 163 Å². The maximum atomic E-state index is 14.3. The van der Waals surface area contributed by atoms with E-state index in [0.29, 0.717) is 5.75 Å². The average molecular weight is 774 g/mol. The lowest BCUT2D eigenvalue weighted by Crippen LogP contribution is -2.51. The zero-order valence-corrected chi connectivity index (χ0v) is 31.9. The van der Waals surface area contributed by atoms with Gasteiger partial charge in [-0.25, -0.2) is 9.59 Å². The summed E-state index contributed by atoms with van der Waals surface area (Å²) in [4.78, 5) is 40.7. The van der Waals surface area contributed by atoms with Crippen molar-refractivity contribution < 1.29 is 47.9 Å². The number of alkyl carbamates (subject to hydrolysis) is 1. The maximum absolute atomic E-state index is 14.3. The Kier molecular flexibility index (Phi) is 12.4. The molecule has 0 saturated carbocycles. The van der Waals surface area contributed by atoms with Crippen LogP contribution in [0.5, 0.6) is 28.7 Å². The van der Waals surface area contributed by atoms with Crippen molar-refractivity contribution in [2.45, 2.75) is 65.3 Å². The van der Waals surface area contributed by atoms with Gasteiger partial charge in [0.15, 0.2) is 23.3 Å². The Labute approximate surface area is 329 Å². The molecule has 0 saturated heterocycles. The average Bonchev–Trinajstić information content (AvgIpc) is 3.19. The Morgan fingerprint density at radius 2 is 1.28 bits per heavy atom. The van der Waals surface area contributed by atoms with Crippen LogP contribution in [-0.2, 0) is 29.4 Å². The first-order valence-corrected chi connectivity index (χ1v) is 18.2. The second-order valence-electron chi connectivity index (χ2n) is 14.2. The Morgan fingerprint density at radius 3 is 1.82 bits per heavy atom. The number of esters is 1. The normalized spacial score (nSPS) is 12.3. The van der Waals surface area contributed by atoms with Crippen LogP contribution in [0, 0.1) is 0 Å². The van der Waals surface area contributed by atoms with Gasteiger partial charge in [-0.15, -0.1) is 0 Å². The Bertz CT molecular complexity index is 2370. The van der Waals surface area contributed by atoms with E-state index in [4.69, 9.17) is 28.1 Å². The first-order valence-electron chi connectivity index (χ1n) is 18.2. The number of hydrogen-bond acceptors (Lipinski definition) is 11. The molecule has 12 nitrogen and oxygen atoms in total. The minimum atomic E-state index is -1.66. The fourth-order valence-corrected chi connectivity index (χ4v) is 5.69. The number of aromatic hydroxyl groups is 1. The molecule has 0 fully saturated rings. The molecule has 294 valence electrons. The summed E-state index contributed by atoms with van der Waals surface area (Å²) >= 11 is 0. The second kappa shape index (κ2) is 17.8. The van der Waals surface area contributed by atoms with Gasteiger partial charge in [0, 0.05) is 17.7 Å². The Hall–Kier alpha value is -6.79. The molecule has 5 aromatic carbocycles. The van der Waals surface area contributed by atoms with E-state index >= 15 is 0 Å². The van der Waals surface area contributed by atoms with Crippen molar-refractivity contribution in [3.8, 4) is 40.1 Å². The van der Waals surface area contributed by atoms with Gasteiger partial charge in [-0.2, -0.15) is 0 Å². The van der Waals surface area contributed by atoms with Gasteiger partial charge in [-0.05, 0) is 62.6 Å². The largest absolute Gasteiger partial charge is 0.507 e. The molecule has 0 unspecified atom stereocenters. The number of amides is 1. The highest BCUT2D eigenvalue weighted by molar-refractivity contribution is 5.91. The van der Waals surface area contributed by atoms with Crippen LogP contribution in [0.3, 0.4) is 0 Å². The molecule has 57 heavy (non-hydrogen) atoms. The summed E-state index contributed by atoms with van der Waals surface area (Å²) in [6.45, 7) is 6.72. The second-order valence-corrected chi connectivity index (χ2v) is 14.2. The lowest BCUT2D eigenvalue weighted by molar-refractivity contribution is -0.139. The van der Waals surface area contributed by atoms with Crippen molar-refractivity contribution in [1.29, 1.82) is 0 Å². The lowest BCUT2D eigenvalue weighted by Gasteiger charge is -2.24. The van der Waals surface area contributed by atoms with Crippen LogP contribution in [0.2, 0.25) is 0 Å². The van der Waals surface area contributed by atoms with Crippen LogP contribution < -0.4 is 29.7 Å². The predicted octanol–water partition coefficient (Wildman–Crippen LogP) is 8.08. The molecule has 1 heterocycles. The number of aliphatic hydroxyl groups excluding tert-OH is 1. The van der Waals surface area contributed by atoms with Crippen LogP contribution >= 0.6 is 0 Å². The van der Waals surface area contributed by atoms with Crippen LogP contribution in [0.15, 0.2) is 131 Å². The molecule has 0 aliphatic heterocycles. The van der Waals surface area contributed by atoms with E-state index in [1.54, 1.807) is 39.0 Å². The maximum Gasteiger partial charge on any atom is 0.408 e. The molecule has 12 heteroatoms. The van der Waals surface area contributed by atoms with Crippen LogP contribution in [0.25, 0.3) is 22.3 Å². The van der Waals surface area contributed by atoms with Gasteiger partial charge in [0.25, 0.3) is 0 Å². The highest BCUT2D eigenvalue weighted by atomic mass is 16.6. The number of carbonyl (C=O) groups is 2. The first kappa shape index (κ1) is 39.9. The van der Waals surface area contributed by atoms with E-state index in [9.17, 15) is 24.6 Å². The van der Waals surface area contributed by atoms with Crippen molar-refractivity contribution in [2.24, 2.45) is 0 Å². The number of hydrogen-bond donors (Lipinski definition) is 3. The highest BCUT2D eigenvalue weighted by Crippen LogP contribution is 2.40. The molecule has 0 spiro atoms. The van der Waals surface area contributed by atoms with Crippen LogP contribution in [-0.4, -0.2) is 40.0 Å². The van der Waals surface area contributed by atoms with Gasteiger partial charge in [0.1, 0.15) is 47.9 Å². The molecule has 0 aliphatic rings. The SMILES string of the molecule is C[C@@H](O)[C@H](NC(=O)OC(C)(C)C)C(=O)Oc1c(-c2ccc(OCc3ccccc3)c(OCc3ccccc3)c2)oc2cc(OCc3ccccc3)cc(O)c2c1=O. The van der Waals surface area contributed by atoms with E-state index < -0.39 is 46.7 Å². The van der Waals surface area contributed by atoms with E-state index in [0.717, 1.165) is 16.7 Å². The van der Waals surface area contributed by atoms with Gasteiger partial charge < -0.3 is 43.6 Å². The van der Waals surface area contributed by atoms with Gasteiger partial charge >= 0.3 is 12.1 Å². The monoisotopic (exact) mass is 773 g/mol. The van der Waals surface area contributed by atoms with Crippen LogP contribution in [0.1, 0.15) is 44.4 Å². The Morgan fingerprint density at radius 1 is 0.737 bits per heavy atom. The molecule has 6 aromatic rings. The summed E-state index contributed by atoms with van der Waals surface area (Å²) in [5.41, 5.74) is 0.995. The number of ether oxygens (including phenoxy) is 5. The van der Waals surface area contributed by atoms with Crippen molar-refractivity contribution in [2.75, 3.05) is 0 Å². The summed E-state index contributed by atoms with van der Waals surface area (Å²) in [6.07, 6.45) is -2.47. The van der Waals surface area contributed by atoms with Crippen molar-refractivity contribution >= 4 is 23.0 Å². The zero-order valence-electron chi connectivity index (χ0n) is 31.9. The molecule has 0 bridgehead atoms. The van der Waals surface area contributed by atoms with Crippen molar-refractivity contribution in [1.82, 2.24) is 5.32 Å². The number of fused-ring (bicyclic) bond motifs is 1. The summed E-state index contributed by atoms with van der Waals surface area (Å²) in [6, 6.07) is 34.2. The van der Waals surface area contributed by atoms with E-state index in [1.807, 2.05) is 91.0 Å². The van der Waals surface area contributed by atoms with Gasteiger partial charge in [0.2, 0.25) is 11.2 Å². The molecule has 1 aromatic heterocycles. The van der Waals surface area contributed by atoms with Gasteiger partial charge in [-0.1, -0.05) is 91.0 Å². The van der Waals surface area contributed by atoms with E-state index in [1.165, 1.54) is 19.1 Å². The quantitative estimate of drug-likeness (QED) is 0.0918. The summed E-state index contributed by atoms with van der Waals surface area (Å²) in [5.74, 6) is -1.67. The minimum absolute atomic E-state index is 0.0759. The number of carbonyl (C=O) groups excluding carboxylic acids is 2. The third kappa shape index (κ3) is 10.5. The number of phenols is 1. The van der Waals surface area contributed by atoms with Crippen molar-refractivity contribution in [3.05, 3.63) is 148 Å². The number of nitrogens with one attached hydrogen (secondary N) is 1. The summed E-state index contributed by atoms with van der Waals surface area (Å²) in [5, 5.41) is 23.7. The fraction of sp³-hybridized carbons (Fsp3) is 0.222. The number of phenolic OH excluding ortho intramolecular Hbond substituents is 1. The third-order valence-electron chi connectivity index (χ3n) is 8.45. The highest BCUT2D eigenvalue weighted by Gasteiger charge is 2.33. The van der Waals surface area contributed by atoms with Gasteiger partial charge in [0.05, 0.1) is 6.10 Å². The Balaban J connectivity index is 1.44. The van der Waals surface area contributed by atoms with E-state index in [2.05, 4.69) is 5.32 Å². The lowest BCUT2D eigenvalue weighted by atomic mass is 10.1. The number of benzene rings is 5. The third-order valence-corrected chi connectivity index (χ3v) is 8.45. The number of rotatable bonds is 14. The minimum Gasteiger partial charge on any atom is -0.507 e. The predicted molar refractivity (Wildman–Crippen MR) is 212 cm³/mol. The van der Waals surface area contributed by atoms with E-state index in [-0.39, 0.29) is 53.6 Å². The fourth-order valence-electron chi connectivity index (χ4n) is 5.69. The van der Waals surface area contributed by atoms with Crippen LogP contribution in [0.4, 0.5) is 4.79 Å². The first-order chi connectivity index (χ1) is 27.3. The molecule has 0 aliphatic carbocycles. The summed E-state index contributed by atoms with van der Waals surface area (Å²) < 4.78 is 35.7. The number of aliphatic hydroxyl groups is 1. The smallest absolute Gasteiger partial charge is 0.408 e. The van der Waals surface area contributed by atoms with Gasteiger partial charge in [-0.3, -0.25) is 4.79 Å². The molecule has 2 atom stereocenters. The standard InChI is InChI=1S/C45H43NO11/c1-28(47)39(46-44(51)57-45(2,3)4)43(50)56-42-40(49)38-34(48)23-33(52-25-29-14-8-5-9-15-29)24-37(38)55-41(42)32-20-21-35(53-26-30-16-10-6-11-17-30)36(22-32)54-27-31-18-12-7-13-19-31/h5-24,28,39,47-48H,25-27H2,1-4H3,(H,46,51)/t28-,39+/m1/s1. The molecule has 0 radical (unpaired) electrons. The molecular formula is C45H43NO11. The molecule has 3 N–H and O–H groups in total. The molecular weight excluding hydrogens is 730 g/mol.